The molecule has 1 unspecified atom stereocenters. The van der Waals surface area contributed by atoms with Gasteiger partial charge in [0.05, 0.1) is 39.1 Å². The van der Waals surface area contributed by atoms with Crippen LogP contribution in [0.25, 0.3) is 21.8 Å². The SMILES string of the molecule is CCCCC(=O)CN(CCC)C(=O)CN(CCc1c[nH]c2ccccc12)C(=O)CNC(=O)CN(CCCN)C(=O)CN(CCc1c[nH]c2ccccc12)C(=O)C(C)Cc1cnc[nH]1. The van der Waals surface area contributed by atoms with E-state index in [1.54, 1.807) is 17.4 Å². The van der Waals surface area contributed by atoms with Crippen LogP contribution in [0.3, 0.4) is 0 Å². The lowest BCUT2D eigenvalue weighted by molar-refractivity contribution is -0.144. The van der Waals surface area contributed by atoms with E-state index >= 15 is 0 Å². The summed E-state index contributed by atoms with van der Waals surface area (Å²) in [5, 5.41) is 4.72. The minimum absolute atomic E-state index is 0.0181. The highest BCUT2D eigenvalue weighted by Crippen LogP contribution is 2.20. The lowest BCUT2D eigenvalue weighted by Gasteiger charge is -2.29. The highest BCUT2D eigenvalue weighted by Gasteiger charge is 2.28. The fourth-order valence-electron chi connectivity index (χ4n) is 7.72. The summed E-state index contributed by atoms with van der Waals surface area (Å²) in [4.78, 5) is 101. The van der Waals surface area contributed by atoms with Crippen LogP contribution in [0.15, 0.2) is 73.4 Å². The van der Waals surface area contributed by atoms with Gasteiger partial charge in [0.25, 0.3) is 0 Å². The highest BCUT2D eigenvalue weighted by molar-refractivity contribution is 5.93. The van der Waals surface area contributed by atoms with Crippen molar-refractivity contribution in [3.8, 4) is 0 Å². The number of carbonyl (C=O) groups is 6. The van der Waals surface area contributed by atoms with Crippen LogP contribution in [0.4, 0.5) is 0 Å². The normalized spacial score (nSPS) is 11.7. The number of nitrogens with zero attached hydrogens (tertiary/aromatic N) is 5. The first-order valence-corrected chi connectivity index (χ1v) is 22.2. The number of H-pyrrole nitrogens is 3. The number of amides is 5. The van der Waals surface area contributed by atoms with Gasteiger partial charge in [0.15, 0.2) is 5.78 Å². The van der Waals surface area contributed by atoms with Crippen molar-refractivity contribution < 1.29 is 28.8 Å². The van der Waals surface area contributed by atoms with E-state index in [2.05, 4.69) is 25.3 Å². The van der Waals surface area contributed by atoms with E-state index in [1.165, 1.54) is 14.7 Å². The molecule has 3 heterocycles. The molecule has 16 nitrogen and oxygen atoms in total. The molecule has 5 aromatic rings. The van der Waals surface area contributed by atoms with Crippen molar-refractivity contribution in [1.82, 2.24) is 44.9 Å². The second-order valence-corrected chi connectivity index (χ2v) is 16.2. The minimum Gasteiger partial charge on any atom is -0.361 e. The number of fused-ring (bicyclic) bond motifs is 2. The Morgan fingerprint density at radius 2 is 1.27 bits per heavy atom. The molecule has 3 aromatic heterocycles. The van der Waals surface area contributed by atoms with Gasteiger partial charge in [-0.05, 0) is 61.9 Å². The van der Waals surface area contributed by atoms with Gasteiger partial charge in [0.1, 0.15) is 0 Å². The molecule has 16 heteroatoms. The molecule has 63 heavy (non-hydrogen) atoms. The maximum absolute atomic E-state index is 14.1. The van der Waals surface area contributed by atoms with Gasteiger partial charge in [-0.25, -0.2) is 4.98 Å². The van der Waals surface area contributed by atoms with Crippen LogP contribution in [0.5, 0.6) is 0 Å². The Morgan fingerprint density at radius 1 is 0.683 bits per heavy atom. The Kier molecular flexibility index (Phi) is 18.5. The summed E-state index contributed by atoms with van der Waals surface area (Å²) in [5.74, 6) is -2.53. The van der Waals surface area contributed by atoms with E-state index < -0.39 is 30.2 Å². The van der Waals surface area contributed by atoms with Crippen LogP contribution >= 0.6 is 0 Å². The zero-order valence-corrected chi connectivity index (χ0v) is 37.0. The van der Waals surface area contributed by atoms with Gasteiger partial charge in [0, 0.05) is 91.0 Å². The van der Waals surface area contributed by atoms with Crippen LogP contribution in [0, 0.1) is 5.92 Å². The smallest absolute Gasteiger partial charge is 0.242 e. The zero-order chi connectivity index (χ0) is 45.1. The van der Waals surface area contributed by atoms with Crippen molar-refractivity contribution in [1.29, 1.82) is 0 Å². The number of nitrogens with two attached hydrogens (primary N) is 1. The third kappa shape index (κ3) is 14.1. The average molecular weight is 865 g/mol. The number of benzene rings is 2. The fourth-order valence-corrected chi connectivity index (χ4v) is 7.72. The lowest BCUT2D eigenvalue weighted by Crippen LogP contribution is -2.50. The largest absolute Gasteiger partial charge is 0.361 e. The van der Waals surface area contributed by atoms with Crippen molar-refractivity contribution >= 4 is 57.1 Å². The molecule has 5 rings (SSSR count). The van der Waals surface area contributed by atoms with Crippen molar-refractivity contribution in [3.63, 3.8) is 0 Å². The van der Waals surface area contributed by atoms with E-state index in [-0.39, 0.29) is 70.0 Å². The first-order chi connectivity index (χ1) is 30.5. The summed E-state index contributed by atoms with van der Waals surface area (Å²) in [6, 6.07) is 15.7. The molecule has 0 saturated carbocycles. The number of nitrogens with one attached hydrogen (secondary N) is 4. The van der Waals surface area contributed by atoms with Gasteiger partial charge in [-0.1, -0.05) is 63.6 Å². The fraction of sp³-hybridized carbons (Fsp3) is 0.468. The van der Waals surface area contributed by atoms with Gasteiger partial charge >= 0.3 is 0 Å². The summed E-state index contributed by atoms with van der Waals surface area (Å²) >= 11 is 0. The first kappa shape index (κ1) is 47.8. The minimum atomic E-state index is -0.574. The molecule has 0 spiro atoms. The van der Waals surface area contributed by atoms with Crippen molar-refractivity contribution in [3.05, 3.63) is 90.3 Å². The van der Waals surface area contributed by atoms with E-state index in [9.17, 15) is 28.8 Å². The van der Waals surface area contributed by atoms with Crippen molar-refractivity contribution in [2.24, 2.45) is 11.7 Å². The predicted octanol–water partition coefficient (Wildman–Crippen LogP) is 3.99. The maximum Gasteiger partial charge on any atom is 0.242 e. The predicted molar refractivity (Wildman–Crippen MR) is 243 cm³/mol. The Labute approximate surface area is 369 Å². The summed E-state index contributed by atoms with van der Waals surface area (Å²) in [7, 11) is 0. The highest BCUT2D eigenvalue weighted by atomic mass is 16.2. The van der Waals surface area contributed by atoms with Crippen LogP contribution < -0.4 is 11.1 Å². The lowest BCUT2D eigenvalue weighted by atomic mass is 10.0. The van der Waals surface area contributed by atoms with Crippen LogP contribution in [0.1, 0.15) is 69.7 Å². The van der Waals surface area contributed by atoms with Gasteiger partial charge in [-0.15, -0.1) is 0 Å². The van der Waals surface area contributed by atoms with Crippen LogP contribution in [-0.4, -0.2) is 140 Å². The summed E-state index contributed by atoms with van der Waals surface area (Å²) in [6.45, 7) is 5.70. The van der Waals surface area contributed by atoms with E-state index in [0.717, 1.165) is 51.5 Å². The Balaban J connectivity index is 1.26. The number of imidazole rings is 1. The third-order valence-corrected chi connectivity index (χ3v) is 11.2. The quantitative estimate of drug-likeness (QED) is 0.0520. The third-order valence-electron chi connectivity index (χ3n) is 11.2. The van der Waals surface area contributed by atoms with Crippen molar-refractivity contribution in [2.75, 3.05) is 65.4 Å². The number of unbranched alkanes of at least 4 members (excludes halogenated alkanes) is 1. The monoisotopic (exact) mass is 865 g/mol. The second kappa shape index (κ2) is 24.4. The molecule has 5 amide bonds. The van der Waals surface area contributed by atoms with E-state index in [1.807, 2.05) is 81.7 Å². The number of aromatic amines is 3. The Bertz CT molecular complexity index is 2270. The van der Waals surface area contributed by atoms with Gasteiger partial charge < -0.3 is 45.6 Å². The van der Waals surface area contributed by atoms with E-state index in [0.29, 0.717) is 45.1 Å². The summed E-state index contributed by atoms with van der Waals surface area (Å²) in [5.41, 5.74) is 10.6. The summed E-state index contributed by atoms with van der Waals surface area (Å²) in [6.07, 6.45) is 11.4. The van der Waals surface area contributed by atoms with E-state index in [4.69, 9.17) is 5.73 Å². The average Bonchev–Trinajstić information content (AvgIpc) is 4.06. The number of aromatic nitrogens is 4. The zero-order valence-electron chi connectivity index (χ0n) is 37.0. The number of hydrogen-bond acceptors (Lipinski definition) is 8. The van der Waals surface area contributed by atoms with Crippen LogP contribution in [-0.2, 0) is 48.0 Å². The van der Waals surface area contributed by atoms with Crippen molar-refractivity contribution in [2.45, 2.75) is 72.1 Å². The molecule has 6 N–H and O–H groups in total. The molecule has 0 bridgehead atoms. The number of hydrogen-bond donors (Lipinski definition) is 5. The van der Waals surface area contributed by atoms with Crippen LogP contribution in [0.2, 0.25) is 0 Å². The number of Topliss-reactive ketones (excluding diaryl/α,β-unsaturated/α-hetero) is 1. The standard InChI is InChI=1S/C47H64N10O6/c1-4-6-12-38(58)29-54(20-5-2)45(61)31-56(22-17-35-25-50-41-15-9-7-13-39(35)41)44(60)28-52-43(59)30-55(21-11-19-48)46(62)32-57(47(63)34(3)24-37-27-49-33-53-37)23-18-36-26-51-42-16-10-8-14-40(36)42/h7-10,13-16,25-27,33-34,50-51H,4-6,11-12,17-24,28-32,48H2,1-3H3,(H,49,53)(H,52,59). The molecule has 0 aliphatic rings. The maximum atomic E-state index is 14.1. The number of para-hydroxylation sites is 2. The molecule has 0 radical (unpaired) electrons. The molecule has 338 valence electrons. The topological polar surface area (TPSA) is 214 Å². The molecule has 2 aromatic carbocycles. The second-order valence-electron chi connectivity index (χ2n) is 16.2. The molecule has 1 atom stereocenters. The molecular weight excluding hydrogens is 801 g/mol. The molecular formula is C47H64N10O6. The number of rotatable bonds is 27. The molecule has 0 aliphatic heterocycles. The van der Waals surface area contributed by atoms with Gasteiger partial charge in [0.2, 0.25) is 29.5 Å². The Morgan fingerprint density at radius 3 is 1.86 bits per heavy atom. The number of carbonyl (C=O) groups excluding carboxylic acids is 6. The number of ketones is 1. The first-order valence-electron chi connectivity index (χ1n) is 22.2. The molecule has 0 saturated heterocycles. The molecule has 0 aliphatic carbocycles. The molecule has 0 fully saturated rings. The van der Waals surface area contributed by atoms with Gasteiger partial charge in [-0.3, -0.25) is 28.8 Å². The Hall–Kier alpha value is -6.29. The van der Waals surface area contributed by atoms with Gasteiger partial charge in [-0.2, -0.15) is 0 Å². The summed E-state index contributed by atoms with van der Waals surface area (Å²) < 4.78 is 0.